The normalized spacial score (nSPS) is 10.1. The summed E-state index contributed by atoms with van der Waals surface area (Å²) in [6.45, 7) is 0. The molecule has 0 radical (unpaired) electrons. The lowest BCUT2D eigenvalue weighted by molar-refractivity contribution is 0.0734. The molecule has 2 rings (SSSR count). The Morgan fingerprint density at radius 3 is 2.17 bits per heavy atom. The molecular weight excluding hydrogens is 458 g/mol. The van der Waals surface area contributed by atoms with Gasteiger partial charge >= 0.3 is 5.97 Å². The van der Waals surface area contributed by atoms with Crippen molar-refractivity contribution in [3.63, 3.8) is 0 Å². The summed E-state index contributed by atoms with van der Waals surface area (Å²) in [5.74, 6) is 0.221. The largest absolute Gasteiger partial charge is 0.506 e. The second-order valence-electron chi connectivity index (χ2n) is 3.49. The molecule has 3 nitrogen and oxygen atoms in total. The van der Waals surface area contributed by atoms with Crippen LogP contribution in [0.15, 0.2) is 42.5 Å². The highest BCUT2D eigenvalue weighted by Crippen LogP contribution is 2.30. The Balaban J connectivity index is 2.23. The van der Waals surface area contributed by atoms with Gasteiger partial charge in [-0.25, -0.2) is 4.79 Å². The van der Waals surface area contributed by atoms with Crippen molar-refractivity contribution in [1.29, 1.82) is 0 Å². The highest BCUT2D eigenvalue weighted by molar-refractivity contribution is 14.1. The fraction of sp³-hybridized carbons (Fsp3) is 0. The molecule has 2 aromatic rings. The number of esters is 1. The Hall–Kier alpha value is -0.830. The van der Waals surface area contributed by atoms with Crippen molar-refractivity contribution in [3.05, 3.63) is 55.2 Å². The first-order chi connectivity index (χ1) is 8.58. The Bertz CT molecular complexity index is 559. The monoisotopic (exact) mass is 466 g/mol. The molecule has 0 unspecified atom stereocenters. The summed E-state index contributed by atoms with van der Waals surface area (Å²) in [6, 6.07) is 12.0. The van der Waals surface area contributed by atoms with Crippen LogP contribution in [0.1, 0.15) is 10.4 Å². The minimum atomic E-state index is -0.409. The molecule has 1 N–H and O–H groups in total. The number of benzene rings is 2. The number of phenols is 1. The van der Waals surface area contributed by atoms with Gasteiger partial charge in [-0.15, -0.1) is 0 Å². The molecule has 0 amide bonds. The van der Waals surface area contributed by atoms with Gasteiger partial charge in [0.25, 0.3) is 0 Å². The van der Waals surface area contributed by atoms with E-state index in [4.69, 9.17) is 4.74 Å². The summed E-state index contributed by atoms with van der Waals surface area (Å²) in [6.07, 6.45) is 0. The maximum absolute atomic E-state index is 11.8. The fourth-order valence-corrected chi connectivity index (χ4v) is 3.05. The summed E-state index contributed by atoms with van der Waals surface area (Å²) in [7, 11) is 0. The van der Waals surface area contributed by atoms with Crippen LogP contribution in [-0.4, -0.2) is 11.1 Å². The minimum absolute atomic E-state index is 0.204. The molecule has 0 atom stereocenters. The Morgan fingerprint density at radius 1 is 1.06 bits per heavy atom. The number of hydrogen-bond donors (Lipinski definition) is 1. The second kappa shape index (κ2) is 5.87. The van der Waals surface area contributed by atoms with E-state index in [-0.39, 0.29) is 5.75 Å². The Morgan fingerprint density at radius 2 is 1.61 bits per heavy atom. The van der Waals surface area contributed by atoms with Crippen molar-refractivity contribution in [2.75, 3.05) is 0 Å². The first-order valence-electron chi connectivity index (χ1n) is 5.03. The summed E-state index contributed by atoms with van der Waals surface area (Å²) in [5.41, 5.74) is 0.496. The van der Waals surface area contributed by atoms with Gasteiger partial charge in [-0.3, -0.25) is 0 Å². The number of hydrogen-bond acceptors (Lipinski definition) is 3. The van der Waals surface area contributed by atoms with Gasteiger partial charge in [0.1, 0.15) is 11.5 Å². The number of phenolic OH excluding ortho intramolecular Hbond substituents is 1. The third kappa shape index (κ3) is 3.14. The zero-order valence-corrected chi connectivity index (χ0v) is 13.4. The van der Waals surface area contributed by atoms with Crippen LogP contribution in [0.3, 0.4) is 0 Å². The molecule has 0 aromatic heterocycles. The molecule has 0 saturated heterocycles. The summed E-state index contributed by atoms with van der Waals surface area (Å²) >= 11 is 3.98. The lowest BCUT2D eigenvalue weighted by Crippen LogP contribution is -2.08. The molecule has 0 fully saturated rings. The molecular formula is C13H8I2O3. The number of halogens is 2. The predicted octanol–water partition coefficient (Wildman–Crippen LogP) is 3.82. The standard InChI is InChI=1S/C13H8I2O3/c14-10-6-9(7-11(15)12(10)16)18-13(17)8-4-2-1-3-5-8/h1-7,16H. The average Bonchev–Trinajstić information content (AvgIpc) is 2.37. The van der Waals surface area contributed by atoms with Gasteiger partial charge in [-0.2, -0.15) is 0 Å². The Labute approximate surface area is 131 Å². The molecule has 0 aliphatic heterocycles. The van der Waals surface area contributed by atoms with E-state index >= 15 is 0 Å². The van der Waals surface area contributed by atoms with Gasteiger partial charge < -0.3 is 9.84 Å². The highest BCUT2D eigenvalue weighted by Gasteiger charge is 2.11. The third-order valence-electron chi connectivity index (χ3n) is 2.21. The lowest BCUT2D eigenvalue weighted by atomic mass is 10.2. The van der Waals surface area contributed by atoms with E-state index < -0.39 is 5.97 Å². The van der Waals surface area contributed by atoms with E-state index in [2.05, 4.69) is 0 Å². The van der Waals surface area contributed by atoms with Gasteiger partial charge in [0.2, 0.25) is 0 Å². The molecule has 18 heavy (non-hydrogen) atoms. The van der Waals surface area contributed by atoms with Gasteiger partial charge in [0, 0.05) is 0 Å². The van der Waals surface area contributed by atoms with Crippen molar-refractivity contribution in [3.8, 4) is 11.5 Å². The maximum atomic E-state index is 11.8. The van der Waals surface area contributed by atoms with Gasteiger partial charge in [-0.1, -0.05) is 18.2 Å². The van der Waals surface area contributed by atoms with Crippen LogP contribution in [0.4, 0.5) is 0 Å². The van der Waals surface area contributed by atoms with Crippen molar-refractivity contribution in [1.82, 2.24) is 0 Å². The van der Waals surface area contributed by atoms with E-state index in [1.807, 2.05) is 51.2 Å². The van der Waals surface area contributed by atoms with Crippen molar-refractivity contribution in [2.45, 2.75) is 0 Å². The van der Waals surface area contributed by atoms with Crippen LogP contribution in [-0.2, 0) is 0 Å². The SMILES string of the molecule is O=C(Oc1cc(I)c(O)c(I)c1)c1ccccc1. The van der Waals surface area contributed by atoms with E-state index in [1.54, 1.807) is 36.4 Å². The summed E-state index contributed by atoms with van der Waals surface area (Å²) in [4.78, 5) is 11.8. The van der Waals surface area contributed by atoms with E-state index in [0.29, 0.717) is 18.5 Å². The fourth-order valence-electron chi connectivity index (χ4n) is 1.34. The minimum Gasteiger partial charge on any atom is -0.506 e. The molecule has 0 aliphatic rings. The quantitative estimate of drug-likeness (QED) is 0.416. The van der Waals surface area contributed by atoms with Crippen molar-refractivity contribution >= 4 is 51.2 Å². The zero-order valence-electron chi connectivity index (χ0n) is 9.06. The van der Waals surface area contributed by atoms with Crippen LogP contribution in [0.2, 0.25) is 0 Å². The van der Waals surface area contributed by atoms with E-state index in [9.17, 15) is 9.90 Å². The smallest absolute Gasteiger partial charge is 0.343 e. The van der Waals surface area contributed by atoms with Crippen LogP contribution in [0.5, 0.6) is 11.5 Å². The molecule has 5 heteroatoms. The van der Waals surface area contributed by atoms with Crippen molar-refractivity contribution in [2.24, 2.45) is 0 Å². The second-order valence-corrected chi connectivity index (χ2v) is 5.82. The first-order valence-corrected chi connectivity index (χ1v) is 7.19. The molecule has 0 spiro atoms. The molecule has 0 aliphatic carbocycles. The van der Waals surface area contributed by atoms with E-state index in [0.717, 1.165) is 0 Å². The maximum Gasteiger partial charge on any atom is 0.343 e. The highest BCUT2D eigenvalue weighted by atomic mass is 127. The number of aromatic hydroxyl groups is 1. The van der Waals surface area contributed by atoms with Crippen LogP contribution in [0, 0.1) is 7.14 Å². The zero-order chi connectivity index (χ0) is 13.1. The summed E-state index contributed by atoms with van der Waals surface area (Å²) < 4.78 is 6.55. The molecule has 0 heterocycles. The van der Waals surface area contributed by atoms with Crippen molar-refractivity contribution < 1.29 is 14.6 Å². The van der Waals surface area contributed by atoms with Gasteiger partial charge in [0.15, 0.2) is 0 Å². The van der Waals surface area contributed by atoms with Gasteiger partial charge in [0.05, 0.1) is 12.7 Å². The number of rotatable bonds is 2. The van der Waals surface area contributed by atoms with Crippen LogP contribution in [0.25, 0.3) is 0 Å². The molecule has 92 valence electrons. The summed E-state index contributed by atoms with van der Waals surface area (Å²) in [5, 5.41) is 9.63. The average molecular weight is 466 g/mol. The molecule has 2 aromatic carbocycles. The lowest BCUT2D eigenvalue weighted by Gasteiger charge is -2.07. The number of carbonyl (C=O) groups is 1. The first kappa shape index (κ1) is 13.6. The molecule has 0 bridgehead atoms. The van der Waals surface area contributed by atoms with Gasteiger partial charge in [-0.05, 0) is 69.4 Å². The predicted molar refractivity (Wildman–Crippen MR) is 84.9 cm³/mol. The van der Waals surface area contributed by atoms with Crippen LogP contribution >= 0.6 is 45.2 Å². The number of ether oxygens (including phenoxy) is 1. The number of carbonyl (C=O) groups excluding carboxylic acids is 1. The topological polar surface area (TPSA) is 46.5 Å². The van der Waals surface area contributed by atoms with E-state index in [1.165, 1.54) is 0 Å². The third-order valence-corrected chi connectivity index (χ3v) is 3.86. The Kier molecular flexibility index (Phi) is 4.44. The van der Waals surface area contributed by atoms with Crippen LogP contribution < -0.4 is 4.74 Å². The molecule has 0 saturated carbocycles.